The summed E-state index contributed by atoms with van der Waals surface area (Å²) < 4.78 is 64.2. The minimum atomic E-state index is -4.83. The van der Waals surface area contributed by atoms with E-state index >= 15 is 0 Å². The highest BCUT2D eigenvalue weighted by Crippen LogP contribution is 2.34. The Morgan fingerprint density at radius 1 is 1.25 bits per heavy atom. The van der Waals surface area contributed by atoms with Gasteiger partial charge in [0.1, 0.15) is 17.8 Å². The summed E-state index contributed by atoms with van der Waals surface area (Å²) >= 11 is 0. The van der Waals surface area contributed by atoms with Gasteiger partial charge in [0.2, 0.25) is 15.9 Å². The van der Waals surface area contributed by atoms with Crippen molar-refractivity contribution in [3.8, 4) is 11.3 Å². The van der Waals surface area contributed by atoms with Crippen molar-refractivity contribution < 1.29 is 26.4 Å². The molecule has 3 heterocycles. The van der Waals surface area contributed by atoms with Crippen LogP contribution in [0.5, 0.6) is 0 Å². The van der Waals surface area contributed by atoms with Crippen molar-refractivity contribution in [2.75, 3.05) is 24.6 Å². The van der Waals surface area contributed by atoms with Crippen LogP contribution < -0.4 is 10.5 Å². The highest BCUT2D eigenvalue weighted by Gasteiger charge is 2.35. The van der Waals surface area contributed by atoms with Crippen LogP contribution in [0.3, 0.4) is 0 Å². The number of fused-ring (bicyclic) bond motifs is 1. The molecule has 1 amide bonds. The Hall–Kier alpha value is -3.52. The van der Waals surface area contributed by atoms with E-state index in [1.54, 1.807) is 33.8 Å². The number of rotatable bonds is 7. The Morgan fingerprint density at radius 3 is 2.64 bits per heavy atom. The fourth-order valence-corrected chi connectivity index (χ4v) is 5.10. The van der Waals surface area contributed by atoms with E-state index < -0.39 is 22.0 Å². The molecule has 4 rings (SSSR count). The Morgan fingerprint density at radius 2 is 1.97 bits per heavy atom. The maximum Gasteiger partial charge on any atom is 0.404 e. The quantitative estimate of drug-likeness (QED) is 0.454. The molecule has 3 N–H and O–H groups in total. The zero-order valence-electron chi connectivity index (χ0n) is 19.1. The van der Waals surface area contributed by atoms with Gasteiger partial charge in [-0.25, -0.2) is 27.8 Å². The van der Waals surface area contributed by atoms with Crippen molar-refractivity contribution in [3.63, 3.8) is 0 Å². The van der Waals surface area contributed by atoms with Gasteiger partial charge in [0.15, 0.2) is 11.4 Å². The molecular weight excluding hydrogens is 499 g/mol. The third-order valence-electron chi connectivity index (χ3n) is 5.82. The lowest BCUT2D eigenvalue weighted by molar-refractivity contribution is -0.127. The molecule has 1 fully saturated rings. The molecule has 10 nitrogen and oxygen atoms in total. The number of nitrogens with one attached hydrogen (secondary N) is 1. The lowest BCUT2D eigenvalue weighted by atomic mass is 10.1. The minimum absolute atomic E-state index is 0.143. The van der Waals surface area contributed by atoms with E-state index in [0.717, 1.165) is 12.8 Å². The maximum absolute atomic E-state index is 12.4. The van der Waals surface area contributed by atoms with Crippen molar-refractivity contribution in [1.82, 2.24) is 29.4 Å². The van der Waals surface area contributed by atoms with Crippen LogP contribution in [0.25, 0.3) is 22.3 Å². The predicted octanol–water partition coefficient (Wildman–Crippen LogP) is 2.41. The van der Waals surface area contributed by atoms with Crippen LogP contribution in [0.15, 0.2) is 43.2 Å². The zero-order valence-corrected chi connectivity index (χ0v) is 19.9. The highest BCUT2D eigenvalue weighted by atomic mass is 32.2. The molecule has 0 saturated carbocycles. The average Bonchev–Trinajstić information content (AvgIpc) is 3.22. The number of hydrogen-bond acceptors (Lipinski definition) is 7. The number of amides is 1. The van der Waals surface area contributed by atoms with Crippen molar-refractivity contribution in [2.45, 2.75) is 31.6 Å². The van der Waals surface area contributed by atoms with Gasteiger partial charge >= 0.3 is 6.18 Å². The summed E-state index contributed by atoms with van der Waals surface area (Å²) in [6, 6.07) is 6.36. The molecule has 14 heteroatoms. The van der Waals surface area contributed by atoms with Crippen LogP contribution in [0.4, 0.5) is 19.0 Å². The number of nitrogens with two attached hydrogens (primary N) is 1. The van der Waals surface area contributed by atoms with Gasteiger partial charge < -0.3 is 10.6 Å². The number of anilines is 1. The second-order valence-corrected chi connectivity index (χ2v) is 10.2. The number of carbonyl (C=O) groups is 1. The van der Waals surface area contributed by atoms with E-state index in [0.29, 0.717) is 40.9 Å². The number of alkyl halides is 3. The molecule has 36 heavy (non-hydrogen) atoms. The van der Waals surface area contributed by atoms with Crippen LogP contribution in [0.2, 0.25) is 0 Å². The second kappa shape index (κ2) is 9.85. The van der Waals surface area contributed by atoms with E-state index in [9.17, 15) is 26.4 Å². The van der Waals surface area contributed by atoms with Gasteiger partial charge in [0.05, 0.1) is 11.4 Å². The summed E-state index contributed by atoms with van der Waals surface area (Å²) in [5.41, 5.74) is 8.27. The van der Waals surface area contributed by atoms with Crippen LogP contribution in [-0.4, -0.2) is 64.0 Å². The summed E-state index contributed by atoms with van der Waals surface area (Å²) in [5.74, 6) is -1.88. The SMILES string of the molecule is C=CC(=O)N1CCCC(n2nc(-c3ccc(CNS(=O)(=O)CC(F)(F)F)cc3)c3c(N)ncnc32)C1. The summed E-state index contributed by atoms with van der Waals surface area (Å²) in [5, 5.41) is 5.28. The smallest absolute Gasteiger partial charge is 0.383 e. The van der Waals surface area contributed by atoms with E-state index in [4.69, 9.17) is 10.8 Å². The standard InChI is InChI=1S/C22H24F3N7O3S/c1-2-17(33)31-9-3-4-16(11-31)32-21-18(20(26)27-13-28-21)19(30-32)15-7-5-14(6-8-15)10-29-36(34,35)12-22(23,24)25/h2,5-8,13,16,29H,1,3-4,9-12H2,(H2,26,27,28). The van der Waals surface area contributed by atoms with Crippen molar-refractivity contribution >= 4 is 32.8 Å². The highest BCUT2D eigenvalue weighted by molar-refractivity contribution is 7.89. The first-order valence-electron chi connectivity index (χ1n) is 11.0. The molecule has 1 unspecified atom stereocenters. The molecule has 1 atom stereocenters. The van der Waals surface area contributed by atoms with Gasteiger partial charge in [-0.2, -0.15) is 18.3 Å². The van der Waals surface area contributed by atoms with E-state index in [1.165, 1.54) is 12.4 Å². The number of carbonyl (C=O) groups excluding carboxylic acids is 1. The largest absolute Gasteiger partial charge is 0.404 e. The Kier molecular flexibility index (Phi) is 7.00. The Labute approximate surface area is 205 Å². The first-order chi connectivity index (χ1) is 17.0. The van der Waals surface area contributed by atoms with Gasteiger partial charge in [-0.1, -0.05) is 30.8 Å². The molecular formula is C22H24F3N7O3S. The first-order valence-corrected chi connectivity index (χ1v) is 12.7. The molecule has 1 aliphatic heterocycles. The molecule has 3 aromatic rings. The number of nitrogens with zero attached hydrogens (tertiary/aromatic N) is 5. The number of aromatic nitrogens is 4. The van der Waals surface area contributed by atoms with Gasteiger partial charge in [0, 0.05) is 25.2 Å². The molecule has 0 spiro atoms. The van der Waals surface area contributed by atoms with Gasteiger partial charge in [-0.15, -0.1) is 0 Å². The summed E-state index contributed by atoms with van der Waals surface area (Å²) in [6.45, 7) is 4.31. The second-order valence-electron chi connectivity index (χ2n) is 8.43. The number of likely N-dealkylation sites (tertiary alicyclic amines) is 1. The average molecular weight is 524 g/mol. The molecule has 1 saturated heterocycles. The zero-order chi connectivity index (χ0) is 26.1. The topological polar surface area (TPSA) is 136 Å². The molecule has 1 aliphatic rings. The number of sulfonamides is 1. The number of halogens is 3. The number of benzene rings is 1. The summed E-state index contributed by atoms with van der Waals surface area (Å²) in [6.07, 6.45) is -0.657. The molecule has 1 aromatic carbocycles. The van der Waals surface area contributed by atoms with Crippen LogP contribution in [0, 0.1) is 0 Å². The lowest BCUT2D eigenvalue weighted by Crippen LogP contribution is -2.40. The van der Waals surface area contributed by atoms with Gasteiger partial charge in [0.25, 0.3) is 0 Å². The van der Waals surface area contributed by atoms with E-state index in [2.05, 4.69) is 16.5 Å². The van der Waals surface area contributed by atoms with Crippen LogP contribution in [-0.2, 0) is 21.4 Å². The van der Waals surface area contributed by atoms with E-state index in [1.807, 2.05) is 4.72 Å². The molecule has 2 aromatic heterocycles. The van der Waals surface area contributed by atoms with Crippen LogP contribution in [0.1, 0.15) is 24.4 Å². The number of hydrogen-bond donors (Lipinski definition) is 2. The molecule has 0 radical (unpaired) electrons. The third kappa shape index (κ3) is 5.65. The third-order valence-corrected chi connectivity index (χ3v) is 7.12. The Balaban J connectivity index is 1.61. The van der Waals surface area contributed by atoms with E-state index in [-0.39, 0.29) is 24.3 Å². The van der Waals surface area contributed by atoms with Crippen LogP contribution >= 0.6 is 0 Å². The fraction of sp³-hybridized carbons (Fsp3) is 0.364. The normalized spacial score (nSPS) is 16.9. The fourth-order valence-electron chi connectivity index (χ4n) is 4.18. The van der Waals surface area contributed by atoms with Crippen molar-refractivity contribution in [2.24, 2.45) is 0 Å². The first kappa shape index (κ1) is 25.6. The maximum atomic E-state index is 12.4. The lowest BCUT2D eigenvalue weighted by Gasteiger charge is -2.32. The molecule has 0 aliphatic carbocycles. The molecule has 192 valence electrons. The summed E-state index contributed by atoms with van der Waals surface area (Å²) in [4.78, 5) is 22.3. The number of piperidine rings is 1. The molecule has 0 bridgehead atoms. The predicted molar refractivity (Wildman–Crippen MR) is 127 cm³/mol. The van der Waals surface area contributed by atoms with Gasteiger partial charge in [-0.3, -0.25) is 4.79 Å². The summed E-state index contributed by atoms with van der Waals surface area (Å²) in [7, 11) is -4.51. The van der Waals surface area contributed by atoms with Crippen molar-refractivity contribution in [3.05, 3.63) is 48.8 Å². The monoisotopic (exact) mass is 523 g/mol. The van der Waals surface area contributed by atoms with Crippen molar-refractivity contribution in [1.29, 1.82) is 0 Å². The number of nitrogen functional groups attached to an aromatic ring is 1. The minimum Gasteiger partial charge on any atom is -0.383 e. The Bertz CT molecular complexity index is 1390. The van der Waals surface area contributed by atoms with Gasteiger partial charge in [-0.05, 0) is 24.5 Å².